The number of thioether (sulfide) groups is 2. The van der Waals surface area contributed by atoms with Crippen LogP contribution in [-0.4, -0.2) is 60.1 Å². The molecule has 0 aliphatic carbocycles. The van der Waals surface area contributed by atoms with Gasteiger partial charge in [-0.2, -0.15) is 23.5 Å². The van der Waals surface area contributed by atoms with Crippen LogP contribution in [0.15, 0.2) is 109 Å². The number of likely N-dealkylation sites (N-methyl/N-ethyl adjacent to an activating group) is 2. The van der Waals surface area contributed by atoms with E-state index in [-0.39, 0.29) is 12.2 Å². The molecule has 0 saturated carbocycles. The lowest BCUT2D eigenvalue weighted by molar-refractivity contribution is 0.204. The third kappa shape index (κ3) is 10.1. The van der Waals surface area contributed by atoms with Crippen LogP contribution < -0.4 is 9.80 Å². The highest BCUT2D eigenvalue weighted by atomic mass is 32.2. The maximum Gasteiger partial charge on any atom is 0.0805 e. The number of anilines is 2. The van der Waals surface area contributed by atoms with Gasteiger partial charge in [0, 0.05) is 60.6 Å². The van der Waals surface area contributed by atoms with Gasteiger partial charge in [0.2, 0.25) is 0 Å². The molecule has 2 N–H and O–H groups in total. The van der Waals surface area contributed by atoms with Crippen LogP contribution in [0.2, 0.25) is 0 Å². The van der Waals surface area contributed by atoms with Crippen molar-refractivity contribution >= 4 is 34.9 Å². The third-order valence-corrected chi connectivity index (χ3v) is 9.58. The van der Waals surface area contributed by atoms with E-state index in [0.29, 0.717) is 24.6 Å². The van der Waals surface area contributed by atoms with Gasteiger partial charge >= 0.3 is 0 Å². The standard InChI is InChI=1S/C36H44N2O2S2/c1-3-37(33-11-7-5-8-12-33)23-35(39)27-41-25-29-15-19-31(20-16-29)32-21-17-30(18-22-32)26-42-28-36(40)24-38(4-2)34-13-9-6-10-14-34/h5-22,35-36,39-40H,3-4,23-28H2,1-2H3. The second-order valence-corrected chi connectivity index (χ2v) is 12.5. The maximum atomic E-state index is 10.6. The van der Waals surface area contributed by atoms with Crippen molar-refractivity contribution in [1.82, 2.24) is 0 Å². The van der Waals surface area contributed by atoms with E-state index in [1.807, 2.05) is 36.4 Å². The molecule has 0 fully saturated rings. The second kappa shape index (κ2) is 17.3. The van der Waals surface area contributed by atoms with E-state index < -0.39 is 0 Å². The van der Waals surface area contributed by atoms with Gasteiger partial charge in [-0.05, 0) is 60.4 Å². The van der Waals surface area contributed by atoms with E-state index in [0.717, 1.165) is 36.0 Å². The summed E-state index contributed by atoms with van der Waals surface area (Å²) in [5, 5.41) is 21.2. The van der Waals surface area contributed by atoms with Gasteiger partial charge in [-0.3, -0.25) is 0 Å². The largest absolute Gasteiger partial charge is 0.390 e. The molecular weight excluding hydrogens is 557 g/mol. The Labute approximate surface area is 260 Å². The summed E-state index contributed by atoms with van der Waals surface area (Å²) in [5.74, 6) is 3.20. The van der Waals surface area contributed by atoms with Gasteiger partial charge in [0.05, 0.1) is 12.2 Å². The lowest BCUT2D eigenvalue weighted by atomic mass is 10.0. The van der Waals surface area contributed by atoms with E-state index >= 15 is 0 Å². The molecule has 0 aromatic heterocycles. The van der Waals surface area contributed by atoms with Gasteiger partial charge in [0.15, 0.2) is 0 Å². The van der Waals surface area contributed by atoms with E-state index in [1.165, 1.54) is 22.3 Å². The zero-order chi connectivity index (χ0) is 29.6. The highest BCUT2D eigenvalue weighted by molar-refractivity contribution is 7.98. The third-order valence-electron chi connectivity index (χ3n) is 7.27. The van der Waals surface area contributed by atoms with E-state index in [2.05, 4.69) is 96.4 Å². The first-order chi connectivity index (χ1) is 20.6. The highest BCUT2D eigenvalue weighted by Crippen LogP contribution is 2.24. The second-order valence-electron chi connectivity index (χ2n) is 10.5. The van der Waals surface area contributed by atoms with Crippen LogP contribution >= 0.6 is 23.5 Å². The Morgan fingerprint density at radius 3 is 1.21 bits per heavy atom. The van der Waals surface area contributed by atoms with Crippen molar-refractivity contribution in [1.29, 1.82) is 0 Å². The molecule has 2 unspecified atom stereocenters. The quantitative estimate of drug-likeness (QED) is 0.130. The summed E-state index contributed by atoms with van der Waals surface area (Å²) < 4.78 is 0. The van der Waals surface area contributed by atoms with Crippen LogP contribution in [-0.2, 0) is 11.5 Å². The summed E-state index contributed by atoms with van der Waals surface area (Å²) in [6, 6.07) is 38.1. The van der Waals surface area contributed by atoms with Crippen LogP contribution in [0.4, 0.5) is 11.4 Å². The fourth-order valence-corrected chi connectivity index (χ4v) is 6.79. The van der Waals surface area contributed by atoms with Crippen LogP contribution in [0.3, 0.4) is 0 Å². The molecule has 6 heteroatoms. The monoisotopic (exact) mass is 600 g/mol. The normalized spacial score (nSPS) is 12.6. The predicted molar refractivity (Wildman–Crippen MR) is 185 cm³/mol. The highest BCUT2D eigenvalue weighted by Gasteiger charge is 2.13. The summed E-state index contributed by atoms with van der Waals surface area (Å²) in [4.78, 5) is 4.45. The summed E-state index contributed by atoms with van der Waals surface area (Å²) in [6.07, 6.45) is -0.732. The first kappa shape index (κ1) is 32.0. The molecule has 0 amide bonds. The molecule has 4 aromatic rings. The van der Waals surface area contributed by atoms with Crippen molar-refractivity contribution in [2.75, 3.05) is 47.5 Å². The number of hydrogen-bond donors (Lipinski definition) is 2. The number of nitrogens with zero attached hydrogens (tertiary/aromatic N) is 2. The molecule has 4 nitrogen and oxygen atoms in total. The lowest BCUT2D eigenvalue weighted by Gasteiger charge is -2.25. The van der Waals surface area contributed by atoms with Gasteiger partial charge in [-0.25, -0.2) is 0 Å². The van der Waals surface area contributed by atoms with Crippen molar-refractivity contribution in [3.63, 3.8) is 0 Å². The first-order valence-corrected chi connectivity index (χ1v) is 17.2. The van der Waals surface area contributed by atoms with Crippen LogP contribution in [0.25, 0.3) is 11.1 Å². The molecule has 4 rings (SSSR count). The van der Waals surface area contributed by atoms with E-state index in [9.17, 15) is 10.2 Å². The number of benzene rings is 4. The van der Waals surface area contributed by atoms with Crippen LogP contribution in [0, 0.1) is 0 Å². The fourth-order valence-electron chi connectivity index (χ4n) is 4.94. The Bertz CT molecular complexity index is 1180. The zero-order valence-corrected chi connectivity index (χ0v) is 26.4. The molecule has 0 aliphatic rings. The minimum Gasteiger partial charge on any atom is -0.390 e. The van der Waals surface area contributed by atoms with E-state index in [4.69, 9.17) is 0 Å². The average Bonchev–Trinajstić information content (AvgIpc) is 3.04. The van der Waals surface area contributed by atoms with Crippen LogP contribution in [0.5, 0.6) is 0 Å². The predicted octanol–water partition coefficient (Wildman–Crippen LogP) is 7.59. The van der Waals surface area contributed by atoms with Gasteiger partial charge < -0.3 is 20.0 Å². The van der Waals surface area contributed by atoms with Crippen molar-refractivity contribution in [2.45, 2.75) is 37.6 Å². The Kier molecular flexibility index (Phi) is 13.2. The zero-order valence-electron chi connectivity index (χ0n) is 24.8. The molecule has 42 heavy (non-hydrogen) atoms. The molecular formula is C36H44N2O2S2. The fraction of sp³-hybridized carbons (Fsp3) is 0.333. The molecule has 0 saturated heterocycles. The SMILES string of the molecule is CCN(CC(O)CSCc1ccc(-c2ccc(CSCC(O)CN(CC)c3ccccc3)cc2)cc1)c1ccccc1. The Hall–Kier alpha value is -2.90. The van der Waals surface area contributed by atoms with Crippen molar-refractivity contribution < 1.29 is 10.2 Å². The van der Waals surface area contributed by atoms with Crippen molar-refractivity contribution in [3.8, 4) is 11.1 Å². The van der Waals surface area contributed by atoms with Gasteiger partial charge in [-0.15, -0.1) is 0 Å². The maximum absolute atomic E-state index is 10.6. The molecule has 0 bridgehead atoms. The Balaban J connectivity index is 1.17. The number of hydrogen-bond acceptors (Lipinski definition) is 6. The topological polar surface area (TPSA) is 46.9 Å². The minimum absolute atomic E-state index is 0.366. The van der Waals surface area contributed by atoms with Crippen LogP contribution in [0.1, 0.15) is 25.0 Å². The number of para-hydroxylation sites is 2. The number of aliphatic hydroxyl groups is 2. The molecule has 0 heterocycles. The summed E-state index contributed by atoms with van der Waals surface area (Å²) in [6.45, 7) is 7.30. The molecule has 222 valence electrons. The summed E-state index contributed by atoms with van der Waals surface area (Å²) in [7, 11) is 0. The minimum atomic E-state index is -0.366. The molecule has 0 spiro atoms. The average molecular weight is 601 g/mol. The molecule has 4 aromatic carbocycles. The first-order valence-electron chi connectivity index (χ1n) is 14.9. The van der Waals surface area contributed by atoms with Gasteiger partial charge in [0.1, 0.15) is 0 Å². The molecule has 0 radical (unpaired) electrons. The van der Waals surface area contributed by atoms with Gasteiger partial charge in [-0.1, -0.05) is 84.9 Å². The summed E-state index contributed by atoms with van der Waals surface area (Å²) >= 11 is 3.56. The molecule has 2 atom stereocenters. The lowest BCUT2D eigenvalue weighted by Crippen LogP contribution is -2.33. The Morgan fingerprint density at radius 2 is 0.881 bits per heavy atom. The van der Waals surface area contributed by atoms with Crippen molar-refractivity contribution in [3.05, 3.63) is 120 Å². The summed E-state index contributed by atoms with van der Waals surface area (Å²) in [5.41, 5.74) is 7.27. The smallest absolute Gasteiger partial charge is 0.0805 e. The Morgan fingerprint density at radius 1 is 0.524 bits per heavy atom. The van der Waals surface area contributed by atoms with Gasteiger partial charge in [0.25, 0.3) is 0 Å². The van der Waals surface area contributed by atoms with Crippen molar-refractivity contribution in [2.24, 2.45) is 0 Å². The van der Waals surface area contributed by atoms with E-state index in [1.54, 1.807) is 23.5 Å². The molecule has 0 aliphatic heterocycles. The number of aliphatic hydroxyl groups excluding tert-OH is 2. The number of rotatable bonds is 17.